The average molecular weight is 323 g/mol. The van der Waals surface area contributed by atoms with Gasteiger partial charge in [0.2, 0.25) is 5.95 Å². The van der Waals surface area contributed by atoms with Gasteiger partial charge in [0.05, 0.1) is 17.9 Å². The zero-order valence-electron chi connectivity index (χ0n) is 13.4. The number of rotatable bonds is 3. The number of benzene rings is 1. The predicted molar refractivity (Wildman–Crippen MR) is 90.1 cm³/mol. The summed E-state index contributed by atoms with van der Waals surface area (Å²) in [6, 6.07) is 8.69. The minimum absolute atomic E-state index is 0.0901. The lowest BCUT2D eigenvalue weighted by Gasteiger charge is -2.23. The highest BCUT2D eigenvalue weighted by atomic mass is 19.1. The van der Waals surface area contributed by atoms with Crippen molar-refractivity contribution in [2.45, 2.75) is 25.8 Å². The van der Waals surface area contributed by atoms with E-state index in [-0.39, 0.29) is 11.9 Å². The van der Waals surface area contributed by atoms with Crippen LogP contribution in [0.25, 0.3) is 11.3 Å². The molecule has 0 amide bonds. The van der Waals surface area contributed by atoms with Crippen molar-refractivity contribution in [2.75, 3.05) is 11.4 Å². The Kier molecular flexibility index (Phi) is 3.72. The van der Waals surface area contributed by atoms with Crippen LogP contribution in [0.4, 0.5) is 10.3 Å². The Hall–Kier alpha value is -2.76. The average Bonchev–Trinajstić information content (AvgIpc) is 3.24. The zero-order valence-corrected chi connectivity index (χ0v) is 13.4. The number of nitrogens with zero attached hydrogens (tertiary/aromatic N) is 4. The molecule has 1 aromatic carbocycles. The molecule has 6 heteroatoms. The van der Waals surface area contributed by atoms with E-state index in [2.05, 4.69) is 24.8 Å². The molecule has 1 saturated heterocycles. The van der Waals surface area contributed by atoms with E-state index >= 15 is 0 Å². The maximum atomic E-state index is 14.0. The molecule has 122 valence electrons. The largest absolute Gasteiger partial charge is 0.340 e. The Balaban J connectivity index is 1.65. The van der Waals surface area contributed by atoms with Crippen LogP contribution in [0.1, 0.15) is 30.4 Å². The van der Waals surface area contributed by atoms with Crippen molar-refractivity contribution in [2.24, 2.45) is 0 Å². The quantitative estimate of drug-likeness (QED) is 0.799. The summed E-state index contributed by atoms with van der Waals surface area (Å²) in [6.45, 7) is 2.85. The van der Waals surface area contributed by atoms with E-state index in [4.69, 9.17) is 0 Å². The number of anilines is 1. The number of aromatic amines is 1. The molecule has 1 aliphatic rings. The van der Waals surface area contributed by atoms with E-state index in [1.165, 1.54) is 6.07 Å². The lowest BCUT2D eigenvalue weighted by atomic mass is 10.1. The predicted octanol–water partition coefficient (Wildman–Crippen LogP) is 3.66. The third kappa shape index (κ3) is 2.64. The highest BCUT2D eigenvalue weighted by Crippen LogP contribution is 2.34. The van der Waals surface area contributed by atoms with Crippen LogP contribution in [0.2, 0.25) is 0 Å². The van der Waals surface area contributed by atoms with E-state index in [9.17, 15) is 4.39 Å². The monoisotopic (exact) mass is 323 g/mol. The van der Waals surface area contributed by atoms with Gasteiger partial charge < -0.3 is 9.88 Å². The van der Waals surface area contributed by atoms with Gasteiger partial charge in [-0.15, -0.1) is 0 Å². The molecule has 0 spiro atoms. The number of hydrogen-bond acceptors (Lipinski definition) is 4. The molecule has 0 unspecified atom stereocenters. The second-order valence-electron chi connectivity index (χ2n) is 6.01. The summed E-state index contributed by atoms with van der Waals surface area (Å²) in [5, 5.41) is 0. The maximum Gasteiger partial charge on any atom is 0.226 e. The summed E-state index contributed by atoms with van der Waals surface area (Å²) in [5.41, 5.74) is 2.17. The highest BCUT2D eigenvalue weighted by molar-refractivity contribution is 5.59. The van der Waals surface area contributed by atoms with Crippen LogP contribution in [0.5, 0.6) is 0 Å². The van der Waals surface area contributed by atoms with Crippen LogP contribution in [-0.2, 0) is 0 Å². The molecule has 1 fully saturated rings. The van der Waals surface area contributed by atoms with Crippen molar-refractivity contribution in [3.05, 3.63) is 60.1 Å². The molecule has 0 aliphatic carbocycles. The molecule has 0 radical (unpaired) electrons. The van der Waals surface area contributed by atoms with Crippen molar-refractivity contribution in [3.8, 4) is 11.3 Å². The van der Waals surface area contributed by atoms with Gasteiger partial charge >= 0.3 is 0 Å². The second-order valence-corrected chi connectivity index (χ2v) is 6.01. The normalized spacial score (nSPS) is 17.4. The first-order valence-electron chi connectivity index (χ1n) is 8.08. The number of halogens is 1. The van der Waals surface area contributed by atoms with Gasteiger partial charge in [0.25, 0.3) is 0 Å². The molecule has 24 heavy (non-hydrogen) atoms. The molecule has 5 nitrogen and oxygen atoms in total. The zero-order chi connectivity index (χ0) is 16.5. The summed E-state index contributed by atoms with van der Waals surface area (Å²) in [5.74, 6) is 1.30. The molecular weight excluding hydrogens is 305 g/mol. The van der Waals surface area contributed by atoms with Crippen LogP contribution in [0.15, 0.2) is 42.7 Å². The number of imidazole rings is 1. The summed E-state index contributed by atoms with van der Waals surface area (Å²) in [4.78, 5) is 18.8. The number of aromatic nitrogens is 4. The molecule has 1 atom stereocenters. The Morgan fingerprint density at radius 3 is 2.92 bits per heavy atom. The van der Waals surface area contributed by atoms with E-state index in [1.807, 2.05) is 19.1 Å². The Bertz CT molecular complexity index is 860. The van der Waals surface area contributed by atoms with Crippen molar-refractivity contribution in [1.29, 1.82) is 0 Å². The first-order valence-corrected chi connectivity index (χ1v) is 8.08. The van der Waals surface area contributed by atoms with Gasteiger partial charge in [0, 0.05) is 24.0 Å². The summed E-state index contributed by atoms with van der Waals surface area (Å²) < 4.78 is 14.0. The fourth-order valence-corrected chi connectivity index (χ4v) is 3.19. The van der Waals surface area contributed by atoms with Crippen molar-refractivity contribution in [3.63, 3.8) is 0 Å². The van der Waals surface area contributed by atoms with Gasteiger partial charge in [-0.2, -0.15) is 0 Å². The minimum atomic E-state index is -0.252. The van der Waals surface area contributed by atoms with Crippen molar-refractivity contribution in [1.82, 2.24) is 19.9 Å². The fraction of sp³-hybridized carbons (Fsp3) is 0.278. The number of H-pyrrole nitrogens is 1. The standard InChI is InChI=1S/C18H18FN5/c1-12-8-9-20-18(22-12)24-10-4-7-16(24)17-21-11-15(23-17)13-5-2-3-6-14(13)19/h2-3,5-6,8-9,11,16H,4,7,10H2,1H3,(H,21,23)/t16-/m0/s1. The molecule has 0 bridgehead atoms. The first kappa shape index (κ1) is 14.8. The van der Waals surface area contributed by atoms with Crippen LogP contribution < -0.4 is 4.90 Å². The Labute approximate surface area is 139 Å². The van der Waals surface area contributed by atoms with Gasteiger partial charge in [0.15, 0.2) is 0 Å². The molecule has 0 saturated carbocycles. The topological polar surface area (TPSA) is 57.7 Å². The molecule has 2 aromatic heterocycles. The molecular formula is C18H18FN5. The Morgan fingerprint density at radius 1 is 1.21 bits per heavy atom. The van der Waals surface area contributed by atoms with E-state index in [1.54, 1.807) is 24.5 Å². The summed E-state index contributed by atoms with van der Waals surface area (Å²) >= 11 is 0. The van der Waals surface area contributed by atoms with E-state index in [0.29, 0.717) is 11.3 Å². The third-order valence-corrected chi connectivity index (χ3v) is 4.37. The molecule has 1 aliphatic heterocycles. The lowest BCUT2D eigenvalue weighted by molar-refractivity contribution is 0.630. The lowest BCUT2D eigenvalue weighted by Crippen LogP contribution is -2.25. The number of nitrogens with one attached hydrogen (secondary N) is 1. The molecule has 3 heterocycles. The van der Waals surface area contributed by atoms with Crippen LogP contribution in [-0.4, -0.2) is 26.5 Å². The number of hydrogen-bond donors (Lipinski definition) is 1. The minimum Gasteiger partial charge on any atom is -0.340 e. The third-order valence-electron chi connectivity index (χ3n) is 4.37. The highest BCUT2D eigenvalue weighted by Gasteiger charge is 2.30. The van der Waals surface area contributed by atoms with Crippen LogP contribution in [0, 0.1) is 12.7 Å². The molecule has 1 N–H and O–H groups in total. The second kappa shape index (κ2) is 6.03. The van der Waals surface area contributed by atoms with E-state index < -0.39 is 0 Å². The Morgan fingerprint density at radius 2 is 2.08 bits per heavy atom. The van der Waals surface area contributed by atoms with Gasteiger partial charge in [-0.05, 0) is 38.0 Å². The maximum absolute atomic E-state index is 14.0. The van der Waals surface area contributed by atoms with Gasteiger partial charge in [-0.3, -0.25) is 0 Å². The summed E-state index contributed by atoms with van der Waals surface area (Å²) in [6.07, 6.45) is 5.50. The van der Waals surface area contributed by atoms with E-state index in [0.717, 1.165) is 36.9 Å². The van der Waals surface area contributed by atoms with Crippen LogP contribution in [0.3, 0.4) is 0 Å². The fourth-order valence-electron chi connectivity index (χ4n) is 3.19. The summed E-state index contributed by atoms with van der Waals surface area (Å²) in [7, 11) is 0. The van der Waals surface area contributed by atoms with Crippen molar-refractivity contribution < 1.29 is 4.39 Å². The van der Waals surface area contributed by atoms with Gasteiger partial charge in [-0.25, -0.2) is 19.3 Å². The van der Waals surface area contributed by atoms with Crippen LogP contribution >= 0.6 is 0 Å². The molecule has 3 aromatic rings. The van der Waals surface area contributed by atoms with Gasteiger partial charge in [0.1, 0.15) is 11.6 Å². The number of aryl methyl sites for hydroxylation is 1. The molecule has 4 rings (SSSR count). The smallest absolute Gasteiger partial charge is 0.226 e. The SMILES string of the molecule is Cc1ccnc(N2CCC[C@H]2c2ncc(-c3ccccc3F)[nH]2)n1. The first-order chi connectivity index (χ1) is 11.7. The van der Waals surface area contributed by atoms with Gasteiger partial charge in [-0.1, -0.05) is 12.1 Å². The van der Waals surface area contributed by atoms with Crippen molar-refractivity contribution >= 4 is 5.95 Å².